The molecule has 0 saturated carbocycles. The molecule has 1 aromatic heterocycles. The molecule has 2 heterocycles. The van der Waals surface area contributed by atoms with Gasteiger partial charge in [0.25, 0.3) is 11.8 Å². The summed E-state index contributed by atoms with van der Waals surface area (Å²) >= 11 is 1.29. The highest BCUT2D eigenvalue weighted by Crippen LogP contribution is 2.31. The SMILES string of the molecule is COc1ccccc1C(=O)N1CCC[C@H](c2nnc(C(=O)Nc3ccccc3C)s2)C1. The van der Waals surface area contributed by atoms with E-state index in [4.69, 9.17) is 4.74 Å². The van der Waals surface area contributed by atoms with Gasteiger partial charge in [-0.25, -0.2) is 0 Å². The number of para-hydroxylation sites is 2. The number of aromatic nitrogens is 2. The highest BCUT2D eigenvalue weighted by atomic mass is 32.1. The number of methoxy groups -OCH3 is 1. The fraction of sp³-hybridized carbons (Fsp3) is 0.304. The number of carbonyl (C=O) groups excluding carboxylic acids is 2. The van der Waals surface area contributed by atoms with Crippen molar-refractivity contribution >= 4 is 28.8 Å². The van der Waals surface area contributed by atoms with E-state index in [1.807, 2.05) is 48.2 Å². The van der Waals surface area contributed by atoms with Crippen LogP contribution in [0.15, 0.2) is 48.5 Å². The van der Waals surface area contributed by atoms with E-state index in [-0.39, 0.29) is 17.7 Å². The zero-order valence-corrected chi connectivity index (χ0v) is 18.3. The number of nitrogens with one attached hydrogen (secondary N) is 1. The largest absolute Gasteiger partial charge is 0.496 e. The minimum absolute atomic E-state index is 0.0517. The second kappa shape index (κ2) is 9.26. The Balaban J connectivity index is 1.46. The number of ether oxygens (including phenoxy) is 1. The van der Waals surface area contributed by atoms with E-state index in [9.17, 15) is 9.59 Å². The fourth-order valence-electron chi connectivity index (χ4n) is 3.74. The summed E-state index contributed by atoms with van der Waals surface area (Å²) in [5.74, 6) is 0.311. The minimum atomic E-state index is -0.268. The summed E-state index contributed by atoms with van der Waals surface area (Å²) in [6.45, 7) is 3.17. The molecule has 1 aliphatic rings. The predicted octanol–water partition coefficient (Wildman–Crippen LogP) is 4.13. The van der Waals surface area contributed by atoms with Gasteiger partial charge in [0.1, 0.15) is 10.8 Å². The molecular formula is C23H24N4O3S. The summed E-state index contributed by atoms with van der Waals surface area (Å²) in [6.07, 6.45) is 1.78. The molecule has 1 atom stereocenters. The first-order valence-corrected chi connectivity index (χ1v) is 11.0. The van der Waals surface area contributed by atoms with Crippen LogP contribution in [0.5, 0.6) is 5.75 Å². The lowest BCUT2D eigenvalue weighted by Crippen LogP contribution is -2.39. The van der Waals surface area contributed by atoms with E-state index < -0.39 is 0 Å². The Labute approximate surface area is 185 Å². The zero-order valence-electron chi connectivity index (χ0n) is 17.5. The quantitative estimate of drug-likeness (QED) is 0.650. The molecule has 4 rings (SSSR count). The molecule has 0 spiro atoms. The molecule has 8 heteroatoms. The molecule has 1 saturated heterocycles. The van der Waals surface area contributed by atoms with Crippen LogP contribution in [0, 0.1) is 6.92 Å². The summed E-state index contributed by atoms with van der Waals surface area (Å²) < 4.78 is 5.34. The lowest BCUT2D eigenvalue weighted by Gasteiger charge is -2.32. The minimum Gasteiger partial charge on any atom is -0.496 e. The molecular weight excluding hydrogens is 412 g/mol. The molecule has 3 aromatic rings. The predicted molar refractivity (Wildman–Crippen MR) is 120 cm³/mol. The number of amides is 2. The van der Waals surface area contributed by atoms with Crippen LogP contribution >= 0.6 is 11.3 Å². The van der Waals surface area contributed by atoms with Crippen molar-refractivity contribution < 1.29 is 14.3 Å². The Kier molecular flexibility index (Phi) is 6.27. The number of carbonyl (C=O) groups is 2. The Morgan fingerprint density at radius 2 is 1.90 bits per heavy atom. The van der Waals surface area contributed by atoms with Crippen molar-refractivity contribution in [2.24, 2.45) is 0 Å². The summed E-state index contributed by atoms with van der Waals surface area (Å²) in [5, 5.41) is 12.4. The van der Waals surface area contributed by atoms with E-state index >= 15 is 0 Å². The number of aryl methyl sites for hydroxylation is 1. The van der Waals surface area contributed by atoms with Gasteiger partial charge in [-0.05, 0) is 43.5 Å². The summed E-state index contributed by atoms with van der Waals surface area (Å²) in [6, 6.07) is 14.9. The van der Waals surface area contributed by atoms with Gasteiger partial charge in [-0.1, -0.05) is 41.7 Å². The smallest absolute Gasteiger partial charge is 0.286 e. The maximum absolute atomic E-state index is 13.1. The number of nitrogens with zero attached hydrogens (tertiary/aromatic N) is 3. The van der Waals surface area contributed by atoms with Gasteiger partial charge < -0.3 is 15.0 Å². The van der Waals surface area contributed by atoms with E-state index in [1.165, 1.54) is 11.3 Å². The van der Waals surface area contributed by atoms with Crippen molar-refractivity contribution in [1.82, 2.24) is 15.1 Å². The van der Waals surface area contributed by atoms with Gasteiger partial charge in [-0.2, -0.15) is 0 Å². The van der Waals surface area contributed by atoms with Crippen LogP contribution in [-0.4, -0.2) is 47.1 Å². The Morgan fingerprint density at radius 3 is 2.71 bits per heavy atom. The average molecular weight is 437 g/mol. The number of anilines is 1. The first-order valence-electron chi connectivity index (χ1n) is 10.2. The molecule has 0 unspecified atom stereocenters. The molecule has 1 N–H and O–H groups in total. The number of hydrogen-bond acceptors (Lipinski definition) is 6. The van der Waals surface area contributed by atoms with Gasteiger partial charge in [0.05, 0.1) is 12.7 Å². The molecule has 160 valence electrons. The van der Waals surface area contributed by atoms with Crippen LogP contribution in [0.25, 0.3) is 0 Å². The maximum Gasteiger partial charge on any atom is 0.286 e. The lowest BCUT2D eigenvalue weighted by molar-refractivity contribution is 0.0703. The van der Waals surface area contributed by atoms with Gasteiger partial charge in [0, 0.05) is 24.7 Å². The van der Waals surface area contributed by atoms with Crippen molar-refractivity contribution in [1.29, 1.82) is 0 Å². The molecule has 2 amide bonds. The van der Waals surface area contributed by atoms with Crippen LogP contribution in [0.1, 0.15) is 49.5 Å². The average Bonchev–Trinajstić information content (AvgIpc) is 3.31. The third-order valence-corrected chi connectivity index (χ3v) is 6.51. The van der Waals surface area contributed by atoms with Crippen molar-refractivity contribution in [3.05, 3.63) is 69.7 Å². The summed E-state index contributed by atoms with van der Waals surface area (Å²) in [5.41, 5.74) is 2.30. The Hall–Kier alpha value is -3.26. The van der Waals surface area contributed by atoms with Gasteiger partial charge in [0.2, 0.25) is 5.01 Å². The molecule has 0 radical (unpaired) electrons. The first kappa shape index (κ1) is 21.0. The molecule has 1 aliphatic heterocycles. The van der Waals surface area contributed by atoms with Crippen molar-refractivity contribution in [2.75, 3.05) is 25.5 Å². The number of benzene rings is 2. The molecule has 1 fully saturated rings. The molecule has 2 aromatic carbocycles. The second-order valence-corrected chi connectivity index (χ2v) is 8.51. The summed E-state index contributed by atoms with van der Waals surface area (Å²) in [7, 11) is 1.57. The molecule has 31 heavy (non-hydrogen) atoms. The van der Waals surface area contributed by atoms with Crippen molar-refractivity contribution in [3.63, 3.8) is 0 Å². The number of likely N-dealkylation sites (tertiary alicyclic amines) is 1. The highest BCUT2D eigenvalue weighted by molar-refractivity contribution is 7.13. The third-order valence-electron chi connectivity index (χ3n) is 5.42. The van der Waals surface area contributed by atoms with Crippen molar-refractivity contribution in [2.45, 2.75) is 25.7 Å². The van der Waals surface area contributed by atoms with Crippen LogP contribution in [0.2, 0.25) is 0 Å². The lowest BCUT2D eigenvalue weighted by atomic mass is 9.98. The van der Waals surface area contributed by atoms with Gasteiger partial charge in [0.15, 0.2) is 0 Å². The number of rotatable bonds is 5. The monoisotopic (exact) mass is 436 g/mol. The number of hydrogen-bond donors (Lipinski definition) is 1. The standard InChI is InChI=1S/C23H24N4O3S/c1-15-8-3-5-11-18(15)24-20(28)22-26-25-21(31-22)16-9-7-13-27(14-16)23(29)17-10-4-6-12-19(17)30-2/h3-6,8,10-12,16H,7,9,13-14H2,1-2H3,(H,24,28)/t16-/m0/s1. The van der Waals surface area contributed by atoms with Crippen LogP contribution in [0.4, 0.5) is 5.69 Å². The van der Waals surface area contributed by atoms with E-state index in [2.05, 4.69) is 15.5 Å². The maximum atomic E-state index is 13.1. The van der Waals surface area contributed by atoms with Gasteiger partial charge in [-0.15, -0.1) is 10.2 Å². The molecule has 0 bridgehead atoms. The number of piperidine rings is 1. The third kappa shape index (κ3) is 4.59. The topological polar surface area (TPSA) is 84.4 Å². The van der Waals surface area contributed by atoms with Crippen LogP contribution < -0.4 is 10.1 Å². The highest BCUT2D eigenvalue weighted by Gasteiger charge is 2.29. The van der Waals surface area contributed by atoms with E-state index in [0.717, 1.165) is 29.1 Å². The second-order valence-electron chi connectivity index (χ2n) is 7.51. The van der Waals surface area contributed by atoms with Crippen molar-refractivity contribution in [3.8, 4) is 5.75 Å². The Bertz CT molecular complexity index is 1100. The zero-order chi connectivity index (χ0) is 21.8. The fourth-order valence-corrected chi connectivity index (χ4v) is 4.60. The van der Waals surface area contributed by atoms with Gasteiger partial charge >= 0.3 is 0 Å². The van der Waals surface area contributed by atoms with Crippen LogP contribution in [-0.2, 0) is 0 Å². The molecule has 7 nitrogen and oxygen atoms in total. The Morgan fingerprint density at radius 1 is 1.13 bits per heavy atom. The van der Waals surface area contributed by atoms with E-state index in [1.54, 1.807) is 19.2 Å². The molecule has 0 aliphatic carbocycles. The van der Waals surface area contributed by atoms with E-state index in [0.29, 0.717) is 29.4 Å². The first-order chi connectivity index (χ1) is 15.1. The van der Waals surface area contributed by atoms with Gasteiger partial charge in [-0.3, -0.25) is 9.59 Å². The van der Waals surface area contributed by atoms with Crippen LogP contribution in [0.3, 0.4) is 0 Å². The normalized spacial score (nSPS) is 16.1. The summed E-state index contributed by atoms with van der Waals surface area (Å²) in [4.78, 5) is 27.5.